The van der Waals surface area contributed by atoms with Gasteiger partial charge in [-0.3, -0.25) is 4.99 Å². The summed E-state index contributed by atoms with van der Waals surface area (Å²) in [5.74, 6) is 0.375. The highest BCUT2D eigenvalue weighted by molar-refractivity contribution is 5.77. The molecule has 4 heteroatoms. The molecule has 5 N–H and O–H groups in total. The predicted molar refractivity (Wildman–Crippen MR) is 34.3 cm³/mol. The quantitative estimate of drug-likeness (QED) is 0.229. The number of rotatable bonds is 1. The maximum atomic E-state index is 5.30. The second-order valence-corrected chi connectivity index (χ2v) is 1.54. The Hall–Kier alpha value is -0.770. The average molecular weight is 116 g/mol. The van der Waals surface area contributed by atoms with Crippen LogP contribution in [0.1, 0.15) is 6.92 Å². The highest BCUT2D eigenvalue weighted by Crippen LogP contribution is 1.63. The van der Waals surface area contributed by atoms with E-state index in [0.717, 1.165) is 0 Å². The van der Waals surface area contributed by atoms with Crippen LogP contribution in [0.5, 0.6) is 0 Å². The SMILES string of the molecule is CN=C(N)NC(C)N. The van der Waals surface area contributed by atoms with Crippen molar-refractivity contribution < 1.29 is 0 Å². The van der Waals surface area contributed by atoms with E-state index in [1.54, 1.807) is 14.0 Å². The van der Waals surface area contributed by atoms with E-state index >= 15 is 0 Å². The van der Waals surface area contributed by atoms with Gasteiger partial charge < -0.3 is 16.8 Å². The van der Waals surface area contributed by atoms with Gasteiger partial charge in [-0.25, -0.2) is 0 Å². The Morgan fingerprint density at radius 3 is 2.38 bits per heavy atom. The van der Waals surface area contributed by atoms with Crippen LogP contribution in [0.2, 0.25) is 0 Å². The standard InChI is InChI=1S/C4H12N4/c1-3(5)8-4(6)7-2/h3H,5H2,1-2H3,(H3,6,7,8). The molecule has 0 bridgehead atoms. The van der Waals surface area contributed by atoms with Gasteiger partial charge >= 0.3 is 0 Å². The van der Waals surface area contributed by atoms with Crippen LogP contribution in [0.25, 0.3) is 0 Å². The minimum absolute atomic E-state index is 0.126. The number of aliphatic imine (C=N–C) groups is 1. The summed E-state index contributed by atoms with van der Waals surface area (Å²) in [6.45, 7) is 1.79. The lowest BCUT2D eigenvalue weighted by Gasteiger charge is -2.06. The molecule has 0 aromatic rings. The Balaban J connectivity index is 3.39. The van der Waals surface area contributed by atoms with Crippen LogP contribution in [-0.4, -0.2) is 19.2 Å². The Morgan fingerprint density at radius 2 is 2.25 bits per heavy atom. The van der Waals surface area contributed by atoms with Crippen LogP contribution in [-0.2, 0) is 0 Å². The first-order valence-electron chi connectivity index (χ1n) is 2.41. The molecule has 0 heterocycles. The Morgan fingerprint density at radius 1 is 1.75 bits per heavy atom. The van der Waals surface area contributed by atoms with Gasteiger partial charge in [0, 0.05) is 7.05 Å². The van der Waals surface area contributed by atoms with Gasteiger partial charge in [-0.1, -0.05) is 0 Å². The van der Waals surface area contributed by atoms with Crippen molar-refractivity contribution in [3.05, 3.63) is 0 Å². The molecule has 0 amide bonds. The van der Waals surface area contributed by atoms with Gasteiger partial charge in [-0.05, 0) is 6.92 Å². The highest BCUT2D eigenvalue weighted by atomic mass is 15.1. The number of guanidine groups is 1. The number of nitrogens with one attached hydrogen (secondary N) is 1. The maximum Gasteiger partial charge on any atom is 0.189 e. The van der Waals surface area contributed by atoms with Gasteiger partial charge in [0.15, 0.2) is 5.96 Å². The van der Waals surface area contributed by atoms with E-state index in [2.05, 4.69) is 10.3 Å². The van der Waals surface area contributed by atoms with Crippen LogP contribution in [0, 0.1) is 0 Å². The topological polar surface area (TPSA) is 76.4 Å². The molecular weight excluding hydrogens is 104 g/mol. The summed E-state index contributed by atoms with van der Waals surface area (Å²) in [4.78, 5) is 3.63. The summed E-state index contributed by atoms with van der Waals surface area (Å²) >= 11 is 0. The van der Waals surface area contributed by atoms with Crippen LogP contribution >= 0.6 is 0 Å². The van der Waals surface area contributed by atoms with Crippen LogP contribution in [0.4, 0.5) is 0 Å². The smallest absolute Gasteiger partial charge is 0.189 e. The number of nitrogens with two attached hydrogens (primary N) is 2. The van der Waals surface area contributed by atoms with E-state index in [0.29, 0.717) is 5.96 Å². The van der Waals surface area contributed by atoms with E-state index in [9.17, 15) is 0 Å². The number of hydrogen-bond donors (Lipinski definition) is 3. The summed E-state index contributed by atoms with van der Waals surface area (Å²) in [6.07, 6.45) is -0.126. The third-order valence-electron chi connectivity index (χ3n) is 0.616. The number of hydrogen-bond acceptors (Lipinski definition) is 2. The van der Waals surface area contributed by atoms with Gasteiger partial charge in [0.1, 0.15) is 0 Å². The van der Waals surface area contributed by atoms with Gasteiger partial charge in [0.2, 0.25) is 0 Å². The summed E-state index contributed by atoms with van der Waals surface area (Å²) in [7, 11) is 1.60. The van der Waals surface area contributed by atoms with Crippen molar-refractivity contribution in [3.63, 3.8) is 0 Å². The Kier molecular flexibility index (Phi) is 2.95. The zero-order valence-corrected chi connectivity index (χ0v) is 5.18. The maximum absolute atomic E-state index is 5.30. The first kappa shape index (κ1) is 7.23. The molecule has 1 atom stereocenters. The van der Waals surface area contributed by atoms with Crippen molar-refractivity contribution in [3.8, 4) is 0 Å². The van der Waals surface area contributed by atoms with Crippen molar-refractivity contribution in [1.82, 2.24) is 5.32 Å². The molecule has 0 rings (SSSR count). The molecule has 0 fully saturated rings. The lowest BCUT2D eigenvalue weighted by Crippen LogP contribution is -2.43. The van der Waals surface area contributed by atoms with Gasteiger partial charge in [0.25, 0.3) is 0 Å². The van der Waals surface area contributed by atoms with Crippen molar-refractivity contribution in [2.75, 3.05) is 7.05 Å². The van der Waals surface area contributed by atoms with E-state index in [4.69, 9.17) is 11.5 Å². The van der Waals surface area contributed by atoms with Crippen LogP contribution in [0.3, 0.4) is 0 Å². The van der Waals surface area contributed by atoms with Crippen molar-refractivity contribution in [2.45, 2.75) is 13.1 Å². The molecule has 4 nitrogen and oxygen atoms in total. The minimum Gasteiger partial charge on any atom is -0.370 e. The molecule has 0 aliphatic rings. The van der Waals surface area contributed by atoms with Crippen molar-refractivity contribution >= 4 is 5.96 Å². The molecule has 0 aliphatic carbocycles. The van der Waals surface area contributed by atoms with Crippen LogP contribution < -0.4 is 16.8 Å². The highest BCUT2D eigenvalue weighted by Gasteiger charge is 1.90. The number of nitrogens with zero attached hydrogens (tertiary/aromatic N) is 1. The second-order valence-electron chi connectivity index (χ2n) is 1.54. The predicted octanol–water partition coefficient (Wildman–Crippen LogP) is -1.17. The van der Waals surface area contributed by atoms with Gasteiger partial charge in [-0.15, -0.1) is 0 Å². The van der Waals surface area contributed by atoms with E-state index in [1.807, 2.05) is 0 Å². The molecule has 0 aromatic heterocycles. The van der Waals surface area contributed by atoms with Crippen molar-refractivity contribution in [1.29, 1.82) is 0 Å². The largest absolute Gasteiger partial charge is 0.370 e. The molecule has 0 aromatic carbocycles. The molecule has 0 saturated carbocycles. The van der Waals surface area contributed by atoms with Crippen molar-refractivity contribution in [2.24, 2.45) is 16.5 Å². The summed E-state index contributed by atoms with van der Waals surface area (Å²) in [5.41, 5.74) is 10.5. The summed E-state index contributed by atoms with van der Waals surface area (Å²) < 4.78 is 0. The summed E-state index contributed by atoms with van der Waals surface area (Å²) in [6, 6.07) is 0. The lowest BCUT2D eigenvalue weighted by atomic mass is 10.6. The summed E-state index contributed by atoms with van der Waals surface area (Å²) in [5, 5.41) is 2.70. The zero-order valence-electron chi connectivity index (χ0n) is 5.18. The zero-order chi connectivity index (χ0) is 6.57. The third-order valence-corrected chi connectivity index (χ3v) is 0.616. The van der Waals surface area contributed by atoms with Gasteiger partial charge in [-0.2, -0.15) is 0 Å². The van der Waals surface area contributed by atoms with E-state index in [1.165, 1.54) is 0 Å². The van der Waals surface area contributed by atoms with E-state index in [-0.39, 0.29) is 6.17 Å². The average Bonchev–Trinajstić information content (AvgIpc) is 1.65. The Bertz CT molecular complexity index is 86.0. The Labute approximate surface area is 49.0 Å². The molecular formula is C4H12N4. The first-order valence-corrected chi connectivity index (χ1v) is 2.41. The third kappa shape index (κ3) is 3.42. The van der Waals surface area contributed by atoms with Crippen LogP contribution in [0.15, 0.2) is 4.99 Å². The molecule has 48 valence electrons. The molecule has 0 aliphatic heterocycles. The van der Waals surface area contributed by atoms with Gasteiger partial charge in [0.05, 0.1) is 6.17 Å². The normalized spacial score (nSPS) is 15.6. The fourth-order valence-electron chi connectivity index (χ4n) is 0.298. The second kappa shape index (κ2) is 3.26. The molecule has 0 saturated heterocycles. The van der Waals surface area contributed by atoms with E-state index < -0.39 is 0 Å². The fourth-order valence-corrected chi connectivity index (χ4v) is 0.298. The molecule has 1 unspecified atom stereocenters. The molecule has 8 heavy (non-hydrogen) atoms. The monoisotopic (exact) mass is 116 g/mol. The fraction of sp³-hybridized carbons (Fsp3) is 0.750. The molecule has 0 spiro atoms. The molecule has 0 radical (unpaired) electrons. The first-order chi connectivity index (χ1) is 3.66. The minimum atomic E-state index is -0.126. The lowest BCUT2D eigenvalue weighted by molar-refractivity contribution is 0.693.